The minimum absolute atomic E-state index is 0.0776. The van der Waals surface area contributed by atoms with E-state index in [1.807, 2.05) is 50.4 Å². The van der Waals surface area contributed by atoms with Crippen molar-refractivity contribution in [3.05, 3.63) is 59.9 Å². The van der Waals surface area contributed by atoms with Crippen molar-refractivity contribution in [3.63, 3.8) is 0 Å². The molecule has 0 saturated heterocycles. The van der Waals surface area contributed by atoms with Crippen molar-refractivity contribution >= 4 is 23.4 Å². The molecule has 24 heavy (non-hydrogen) atoms. The van der Waals surface area contributed by atoms with Gasteiger partial charge < -0.3 is 4.90 Å². The van der Waals surface area contributed by atoms with Crippen molar-refractivity contribution in [3.8, 4) is 0 Å². The summed E-state index contributed by atoms with van der Waals surface area (Å²) in [5, 5.41) is 0.776. The molecule has 0 radical (unpaired) electrons. The molecule has 2 aromatic rings. The van der Waals surface area contributed by atoms with Gasteiger partial charge in [-0.05, 0) is 44.2 Å². The largest absolute Gasteiger partial charge is 0.309 e. The Hall–Kier alpha value is -2.14. The Labute approximate surface area is 148 Å². The van der Waals surface area contributed by atoms with Gasteiger partial charge in [0.1, 0.15) is 0 Å². The molecule has 0 aliphatic heterocycles. The summed E-state index contributed by atoms with van der Waals surface area (Å²) in [4.78, 5) is 23.4. The lowest BCUT2D eigenvalue weighted by molar-refractivity contribution is -0.118. The molecule has 0 atom stereocenters. The maximum absolute atomic E-state index is 12.7. The van der Waals surface area contributed by atoms with Crippen LogP contribution in [0.4, 0.5) is 5.69 Å². The molecule has 0 saturated carbocycles. The van der Waals surface area contributed by atoms with E-state index in [0.717, 1.165) is 27.8 Å². The van der Waals surface area contributed by atoms with Crippen LogP contribution in [0.2, 0.25) is 0 Å². The number of rotatable bonds is 7. The number of anilines is 1. The molecule has 0 bridgehead atoms. The predicted molar refractivity (Wildman–Crippen MR) is 101 cm³/mol. The molecule has 1 aromatic heterocycles. The zero-order valence-corrected chi connectivity index (χ0v) is 15.3. The molecule has 2 rings (SSSR count). The molecule has 1 amide bonds. The quantitative estimate of drug-likeness (QED) is 0.434. The molecule has 0 spiro atoms. The smallest absolute Gasteiger partial charge is 0.227 e. The molecular formula is C19H23N3OS. The number of hydrogen-bond donors (Lipinski definition) is 0. The van der Waals surface area contributed by atoms with Crippen molar-refractivity contribution in [1.29, 1.82) is 0 Å². The summed E-state index contributed by atoms with van der Waals surface area (Å²) < 4.78 is 0. The molecule has 0 fully saturated rings. The zero-order valence-electron chi connectivity index (χ0n) is 14.5. The molecule has 0 N–H and O–H groups in total. The van der Waals surface area contributed by atoms with Crippen LogP contribution in [-0.2, 0) is 11.2 Å². The molecule has 0 unspecified atom stereocenters. The van der Waals surface area contributed by atoms with Gasteiger partial charge in [0, 0.05) is 30.0 Å². The Morgan fingerprint density at radius 1 is 1.21 bits per heavy atom. The predicted octanol–water partition coefficient (Wildman–Crippen LogP) is 3.97. The lowest BCUT2D eigenvalue weighted by Gasteiger charge is -2.21. The standard InChI is InChI=1S/C19H23N3OS/c1-5-13-22(16-9-7-6-8-10-16)18(23)12-11-17-14(2)20-19(24-4)21-15(17)3/h5-10H,1,11-13H2,2-4H3. The van der Waals surface area contributed by atoms with Gasteiger partial charge in [0.2, 0.25) is 5.91 Å². The van der Waals surface area contributed by atoms with E-state index >= 15 is 0 Å². The number of thioether (sulfide) groups is 1. The Morgan fingerprint density at radius 2 is 1.83 bits per heavy atom. The van der Waals surface area contributed by atoms with Gasteiger partial charge in [-0.25, -0.2) is 9.97 Å². The van der Waals surface area contributed by atoms with Crippen molar-refractivity contribution < 1.29 is 4.79 Å². The van der Waals surface area contributed by atoms with Crippen LogP contribution >= 0.6 is 11.8 Å². The van der Waals surface area contributed by atoms with Gasteiger partial charge in [-0.15, -0.1) is 6.58 Å². The van der Waals surface area contributed by atoms with Crippen LogP contribution in [0, 0.1) is 13.8 Å². The number of nitrogens with zero attached hydrogens (tertiary/aromatic N) is 3. The first-order valence-electron chi connectivity index (χ1n) is 7.91. The Balaban J connectivity index is 2.13. The van der Waals surface area contributed by atoms with Crippen molar-refractivity contribution in [2.24, 2.45) is 0 Å². The van der Waals surface area contributed by atoms with E-state index in [2.05, 4.69) is 16.5 Å². The highest BCUT2D eigenvalue weighted by Crippen LogP contribution is 2.19. The second-order valence-corrected chi connectivity index (χ2v) is 6.26. The molecular weight excluding hydrogens is 318 g/mol. The average molecular weight is 341 g/mol. The molecule has 5 heteroatoms. The SMILES string of the molecule is C=CCN(C(=O)CCc1c(C)nc(SC)nc1C)c1ccccc1. The third-order valence-electron chi connectivity index (χ3n) is 3.85. The van der Waals surface area contributed by atoms with Gasteiger partial charge in [0.15, 0.2) is 5.16 Å². The summed E-state index contributed by atoms with van der Waals surface area (Å²) in [5.41, 5.74) is 3.86. The summed E-state index contributed by atoms with van der Waals surface area (Å²) in [7, 11) is 0. The number of carbonyl (C=O) groups is 1. The summed E-state index contributed by atoms with van der Waals surface area (Å²) in [6, 6.07) is 9.68. The Morgan fingerprint density at radius 3 is 2.38 bits per heavy atom. The van der Waals surface area contributed by atoms with E-state index in [-0.39, 0.29) is 5.91 Å². The lowest BCUT2D eigenvalue weighted by Crippen LogP contribution is -2.31. The van der Waals surface area contributed by atoms with E-state index < -0.39 is 0 Å². The number of carbonyl (C=O) groups excluding carboxylic acids is 1. The Kier molecular flexibility index (Phi) is 6.55. The van der Waals surface area contributed by atoms with Crippen molar-refractivity contribution in [1.82, 2.24) is 9.97 Å². The van der Waals surface area contributed by atoms with Gasteiger partial charge in [0.05, 0.1) is 0 Å². The van der Waals surface area contributed by atoms with Gasteiger partial charge in [-0.1, -0.05) is 36.0 Å². The van der Waals surface area contributed by atoms with E-state index in [9.17, 15) is 4.79 Å². The molecule has 1 aromatic carbocycles. The van der Waals surface area contributed by atoms with Crippen LogP contribution in [0.25, 0.3) is 0 Å². The number of aromatic nitrogens is 2. The fourth-order valence-corrected chi connectivity index (χ4v) is 3.07. The van der Waals surface area contributed by atoms with Gasteiger partial charge in [-0.3, -0.25) is 4.79 Å². The average Bonchev–Trinajstić information content (AvgIpc) is 2.59. The minimum Gasteiger partial charge on any atom is -0.309 e. The van der Waals surface area contributed by atoms with E-state index in [1.54, 1.807) is 11.0 Å². The highest BCUT2D eigenvalue weighted by molar-refractivity contribution is 7.98. The highest BCUT2D eigenvalue weighted by atomic mass is 32.2. The first-order valence-corrected chi connectivity index (χ1v) is 9.13. The molecule has 4 nitrogen and oxygen atoms in total. The number of para-hydroxylation sites is 1. The maximum atomic E-state index is 12.7. The maximum Gasteiger partial charge on any atom is 0.227 e. The fraction of sp³-hybridized carbons (Fsp3) is 0.316. The van der Waals surface area contributed by atoms with E-state index in [1.165, 1.54) is 11.8 Å². The first kappa shape index (κ1) is 18.2. The third kappa shape index (κ3) is 4.45. The zero-order chi connectivity index (χ0) is 17.5. The second kappa shape index (κ2) is 8.64. The van der Waals surface area contributed by atoms with E-state index in [0.29, 0.717) is 19.4 Å². The number of hydrogen-bond acceptors (Lipinski definition) is 4. The van der Waals surface area contributed by atoms with Crippen molar-refractivity contribution in [2.45, 2.75) is 31.8 Å². The molecule has 126 valence electrons. The summed E-state index contributed by atoms with van der Waals surface area (Å²) in [5.74, 6) is 0.0776. The lowest BCUT2D eigenvalue weighted by atomic mass is 10.1. The van der Waals surface area contributed by atoms with Gasteiger partial charge >= 0.3 is 0 Å². The summed E-state index contributed by atoms with van der Waals surface area (Å²) in [6.07, 6.45) is 4.78. The minimum atomic E-state index is 0.0776. The topological polar surface area (TPSA) is 46.1 Å². The summed E-state index contributed by atoms with van der Waals surface area (Å²) >= 11 is 1.53. The van der Waals surface area contributed by atoms with Gasteiger partial charge in [0.25, 0.3) is 0 Å². The van der Waals surface area contributed by atoms with Crippen LogP contribution in [0.15, 0.2) is 48.1 Å². The third-order valence-corrected chi connectivity index (χ3v) is 4.40. The number of amides is 1. The number of aryl methyl sites for hydroxylation is 2. The van der Waals surface area contributed by atoms with Crippen molar-refractivity contribution in [2.75, 3.05) is 17.7 Å². The fourth-order valence-electron chi connectivity index (χ4n) is 2.62. The van der Waals surface area contributed by atoms with E-state index in [4.69, 9.17) is 0 Å². The monoisotopic (exact) mass is 341 g/mol. The molecule has 0 aliphatic rings. The highest BCUT2D eigenvalue weighted by Gasteiger charge is 2.16. The van der Waals surface area contributed by atoms with Crippen LogP contribution in [0.1, 0.15) is 23.4 Å². The van der Waals surface area contributed by atoms with Gasteiger partial charge in [-0.2, -0.15) is 0 Å². The second-order valence-electron chi connectivity index (χ2n) is 5.49. The molecule has 1 heterocycles. The first-order chi connectivity index (χ1) is 11.6. The van der Waals surface area contributed by atoms with Crippen LogP contribution in [0.5, 0.6) is 0 Å². The van der Waals surface area contributed by atoms with Crippen LogP contribution in [-0.4, -0.2) is 28.7 Å². The number of benzene rings is 1. The molecule has 0 aliphatic carbocycles. The van der Waals surface area contributed by atoms with Crippen LogP contribution < -0.4 is 4.90 Å². The van der Waals surface area contributed by atoms with Crippen LogP contribution in [0.3, 0.4) is 0 Å². The normalized spacial score (nSPS) is 10.5. The summed E-state index contributed by atoms with van der Waals surface area (Å²) in [6.45, 7) is 8.22. The Bertz CT molecular complexity index is 693.